The Morgan fingerprint density at radius 1 is 1.46 bits per heavy atom. The number of aliphatic hydroxyl groups excluding tert-OH is 1. The first kappa shape index (κ1) is 20.1. The second-order valence-corrected chi connectivity index (χ2v) is 7.14. The van der Waals surface area contributed by atoms with Gasteiger partial charge in [0, 0.05) is 11.5 Å². The molecule has 2 aromatic carbocycles. The highest BCUT2D eigenvalue weighted by molar-refractivity contribution is 9.10. The first-order valence-electron chi connectivity index (χ1n) is 7.93. The molecule has 10 heteroatoms. The van der Waals surface area contributed by atoms with Crippen molar-refractivity contribution < 1.29 is 19.1 Å². The second-order valence-electron chi connectivity index (χ2n) is 5.82. The lowest BCUT2D eigenvalue weighted by Gasteiger charge is -2.15. The molecule has 0 bridgehead atoms. The van der Waals surface area contributed by atoms with Gasteiger partial charge in [0.25, 0.3) is 5.91 Å². The number of hydrogen-bond acceptors (Lipinski definition) is 5. The fourth-order valence-electron chi connectivity index (χ4n) is 2.46. The Kier molecular flexibility index (Phi) is 5.87. The zero-order chi connectivity index (χ0) is 20.4. The van der Waals surface area contributed by atoms with Gasteiger partial charge in [0.05, 0.1) is 33.8 Å². The second kappa shape index (κ2) is 8.17. The fourth-order valence-corrected chi connectivity index (χ4v) is 3.18. The molecule has 146 valence electrons. The van der Waals surface area contributed by atoms with Crippen molar-refractivity contribution in [3.63, 3.8) is 0 Å². The van der Waals surface area contributed by atoms with E-state index in [0.29, 0.717) is 16.2 Å². The highest BCUT2D eigenvalue weighted by Gasteiger charge is 2.22. The number of aryl methyl sites for hydroxylation is 1. The average molecular weight is 470 g/mol. The summed E-state index contributed by atoms with van der Waals surface area (Å²) in [5.74, 6) is -1.53. The molecular formula is C18H15BrClFN4O3. The largest absolute Gasteiger partial charge is 0.388 e. The molecule has 1 heterocycles. The number of nitrogens with one attached hydrogen (secondary N) is 2. The molecular weight excluding hydrogens is 455 g/mol. The van der Waals surface area contributed by atoms with Crippen molar-refractivity contribution in [3.8, 4) is 0 Å². The van der Waals surface area contributed by atoms with E-state index < -0.39 is 18.3 Å². The molecule has 3 rings (SSSR count). The molecule has 0 spiro atoms. The number of carbonyl (C=O) groups is 1. The van der Waals surface area contributed by atoms with Crippen LogP contribution in [0.2, 0.25) is 5.02 Å². The van der Waals surface area contributed by atoms with Crippen molar-refractivity contribution in [2.75, 3.05) is 11.9 Å². The van der Waals surface area contributed by atoms with Crippen molar-refractivity contribution in [3.05, 3.63) is 63.8 Å². The van der Waals surface area contributed by atoms with Gasteiger partial charge in [0.15, 0.2) is 5.82 Å². The van der Waals surface area contributed by atoms with Crippen molar-refractivity contribution in [1.82, 2.24) is 15.0 Å². The SMILES string of the molecule is C=C(CO)ONC(=O)c1cc2c(ncn2C)c(F)c1Nc1ccc(Br)cc1Cl. The van der Waals surface area contributed by atoms with Gasteiger partial charge in [0.1, 0.15) is 17.9 Å². The summed E-state index contributed by atoms with van der Waals surface area (Å²) < 4.78 is 17.5. The molecule has 0 unspecified atom stereocenters. The van der Waals surface area contributed by atoms with Crippen LogP contribution in [0.5, 0.6) is 0 Å². The van der Waals surface area contributed by atoms with Crippen LogP contribution >= 0.6 is 27.5 Å². The molecule has 1 aromatic heterocycles. The van der Waals surface area contributed by atoms with Crippen LogP contribution in [0.1, 0.15) is 10.4 Å². The van der Waals surface area contributed by atoms with Crippen molar-refractivity contribution in [2.45, 2.75) is 0 Å². The summed E-state index contributed by atoms with van der Waals surface area (Å²) in [7, 11) is 1.68. The van der Waals surface area contributed by atoms with E-state index in [0.717, 1.165) is 4.47 Å². The summed E-state index contributed by atoms with van der Waals surface area (Å²) in [5.41, 5.74) is 2.87. The molecule has 0 radical (unpaired) electrons. The summed E-state index contributed by atoms with van der Waals surface area (Å²) in [5, 5.41) is 12.1. The summed E-state index contributed by atoms with van der Waals surface area (Å²) in [6, 6.07) is 6.47. The van der Waals surface area contributed by atoms with Gasteiger partial charge in [-0.15, -0.1) is 0 Å². The van der Waals surface area contributed by atoms with Crippen LogP contribution in [-0.4, -0.2) is 27.2 Å². The summed E-state index contributed by atoms with van der Waals surface area (Å²) >= 11 is 9.51. The Hall–Kier alpha value is -2.62. The highest BCUT2D eigenvalue weighted by atomic mass is 79.9. The normalized spacial score (nSPS) is 10.8. The Morgan fingerprint density at radius 3 is 2.89 bits per heavy atom. The van der Waals surface area contributed by atoms with Gasteiger partial charge in [-0.1, -0.05) is 34.1 Å². The first-order valence-corrected chi connectivity index (χ1v) is 9.10. The number of anilines is 2. The number of halogens is 3. The van der Waals surface area contributed by atoms with E-state index in [2.05, 4.69) is 38.3 Å². The zero-order valence-corrected chi connectivity index (χ0v) is 16.9. The maximum absolute atomic E-state index is 15.2. The van der Waals surface area contributed by atoms with Gasteiger partial charge in [-0.05, 0) is 24.3 Å². The van der Waals surface area contributed by atoms with Gasteiger partial charge in [-0.2, -0.15) is 5.48 Å². The lowest BCUT2D eigenvalue weighted by atomic mass is 10.1. The van der Waals surface area contributed by atoms with Gasteiger partial charge in [-0.25, -0.2) is 9.37 Å². The third-order valence-corrected chi connectivity index (χ3v) is 4.67. The van der Waals surface area contributed by atoms with E-state index in [1.165, 1.54) is 12.4 Å². The Morgan fingerprint density at radius 2 is 2.21 bits per heavy atom. The van der Waals surface area contributed by atoms with E-state index >= 15 is 4.39 Å². The van der Waals surface area contributed by atoms with Crippen LogP contribution in [0.15, 0.2) is 47.4 Å². The molecule has 3 N–H and O–H groups in total. The molecule has 28 heavy (non-hydrogen) atoms. The molecule has 3 aromatic rings. The van der Waals surface area contributed by atoms with E-state index in [1.54, 1.807) is 29.8 Å². The summed E-state index contributed by atoms with van der Waals surface area (Å²) in [4.78, 5) is 21.5. The molecule has 0 aliphatic rings. The summed E-state index contributed by atoms with van der Waals surface area (Å²) in [6.07, 6.45) is 1.44. The number of carbonyl (C=O) groups excluding carboxylic acids is 1. The maximum Gasteiger partial charge on any atom is 0.286 e. The number of benzene rings is 2. The van der Waals surface area contributed by atoms with Gasteiger partial charge >= 0.3 is 0 Å². The molecule has 7 nitrogen and oxygen atoms in total. The molecule has 0 saturated carbocycles. The number of aromatic nitrogens is 2. The number of rotatable bonds is 6. The van der Waals surface area contributed by atoms with Gasteiger partial charge < -0.3 is 19.8 Å². The number of fused-ring (bicyclic) bond motifs is 1. The topological polar surface area (TPSA) is 88.4 Å². The van der Waals surface area contributed by atoms with E-state index in [-0.39, 0.29) is 22.5 Å². The molecule has 0 fully saturated rings. The number of amides is 1. The van der Waals surface area contributed by atoms with Crippen LogP contribution in [0.25, 0.3) is 11.0 Å². The van der Waals surface area contributed by atoms with Crippen LogP contribution in [0, 0.1) is 5.82 Å². The van der Waals surface area contributed by atoms with Crippen LogP contribution < -0.4 is 10.8 Å². The van der Waals surface area contributed by atoms with Crippen molar-refractivity contribution >= 4 is 55.8 Å². The Bertz CT molecular complexity index is 1090. The fraction of sp³-hybridized carbons (Fsp3) is 0.111. The van der Waals surface area contributed by atoms with Gasteiger partial charge in [0.2, 0.25) is 0 Å². The number of aliphatic hydroxyl groups is 1. The number of hydroxylamine groups is 1. The van der Waals surface area contributed by atoms with Crippen molar-refractivity contribution in [2.24, 2.45) is 7.05 Å². The molecule has 0 aliphatic heterocycles. The zero-order valence-electron chi connectivity index (χ0n) is 14.6. The average Bonchev–Trinajstić information content (AvgIpc) is 3.04. The van der Waals surface area contributed by atoms with Gasteiger partial charge in [-0.3, -0.25) is 4.79 Å². The quantitative estimate of drug-likeness (QED) is 0.375. The highest BCUT2D eigenvalue weighted by Crippen LogP contribution is 2.34. The minimum Gasteiger partial charge on any atom is -0.388 e. The van der Waals surface area contributed by atoms with Crippen LogP contribution in [0.3, 0.4) is 0 Å². The van der Waals surface area contributed by atoms with E-state index in [4.69, 9.17) is 21.5 Å². The standard InChI is InChI=1S/C18H15BrClFN4O3/c1-9(7-26)28-24-18(27)11-6-14-17(22-8-25(14)2)15(21)16(11)23-13-4-3-10(19)5-12(13)20/h3-6,8,23,26H,1,7H2,2H3,(H,24,27). The minimum absolute atomic E-state index is 0.0432. The number of nitrogens with zero attached hydrogens (tertiary/aromatic N) is 2. The Balaban J connectivity index is 2.09. The number of hydrogen-bond donors (Lipinski definition) is 3. The molecule has 1 amide bonds. The molecule has 0 aliphatic carbocycles. The third kappa shape index (κ3) is 3.96. The monoisotopic (exact) mass is 468 g/mol. The van der Waals surface area contributed by atoms with Crippen LogP contribution in [-0.2, 0) is 11.9 Å². The lowest BCUT2D eigenvalue weighted by Crippen LogP contribution is -2.25. The predicted octanol–water partition coefficient (Wildman–Crippen LogP) is 4.04. The predicted molar refractivity (Wildman–Crippen MR) is 108 cm³/mol. The molecule has 0 saturated heterocycles. The smallest absolute Gasteiger partial charge is 0.286 e. The van der Waals surface area contributed by atoms with Crippen LogP contribution in [0.4, 0.5) is 15.8 Å². The molecule has 0 atom stereocenters. The Labute approximate surface area is 172 Å². The first-order chi connectivity index (χ1) is 13.3. The van der Waals surface area contributed by atoms with Crippen molar-refractivity contribution in [1.29, 1.82) is 0 Å². The summed E-state index contributed by atoms with van der Waals surface area (Å²) in [6.45, 7) is 2.93. The third-order valence-electron chi connectivity index (χ3n) is 3.86. The van der Waals surface area contributed by atoms with E-state index in [9.17, 15) is 4.79 Å². The van der Waals surface area contributed by atoms with E-state index in [1.807, 2.05) is 0 Å². The maximum atomic E-state index is 15.2. The lowest BCUT2D eigenvalue weighted by molar-refractivity contribution is 0.0508. The minimum atomic E-state index is -0.743. The number of imidazole rings is 1.